The van der Waals surface area contributed by atoms with Crippen LogP contribution in [0.4, 0.5) is 0 Å². The van der Waals surface area contributed by atoms with Gasteiger partial charge in [-0.15, -0.1) is 10.2 Å². The molecule has 2 aromatic carbocycles. The van der Waals surface area contributed by atoms with Crippen molar-refractivity contribution in [1.82, 2.24) is 20.0 Å². The number of aryl methyl sites for hydroxylation is 1. The summed E-state index contributed by atoms with van der Waals surface area (Å²) in [4.78, 5) is 16.9. The molecule has 1 aliphatic rings. The summed E-state index contributed by atoms with van der Waals surface area (Å²) in [5.74, 6) is 2.27. The maximum Gasteiger partial charge on any atom is 0.247 e. The van der Waals surface area contributed by atoms with Crippen LogP contribution in [0.1, 0.15) is 17.9 Å². The zero-order valence-corrected chi connectivity index (χ0v) is 17.9. The Morgan fingerprint density at radius 1 is 0.968 bits per heavy atom. The molecule has 0 N–H and O–H groups in total. The molecule has 162 valence electrons. The van der Waals surface area contributed by atoms with Crippen LogP contribution in [-0.2, 0) is 17.6 Å². The molecule has 0 unspecified atom stereocenters. The van der Waals surface area contributed by atoms with Crippen LogP contribution in [0, 0.1) is 0 Å². The summed E-state index contributed by atoms with van der Waals surface area (Å²) in [6.07, 6.45) is 2.01. The third-order valence-electron chi connectivity index (χ3n) is 5.64. The molecule has 1 aromatic heterocycles. The van der Waals surface area contributed by atoms with E-state index >= 15 is 0 Å². The smallest absolute Gasteiger partial charge is 0.247 e. The number of rotatable bonds is 8. The van der Waals surface area contributed by atoms with Crippen LogP contribution in [-0.4, -0.2) is 65.7 Å². The molecule has 1 aliphatic heterocycles. The fourth-order valence-electron chi connectivity index (χ4n) is 3.73. The SMILES string of the molecule is COc1ccc(CCC(=O)N2CCN(CCc3nnc(-c4ccccc4)o3)CC2)cc1. The highest BCUT2D eigenvalue weighted by molar-refractivity contribution is 5.76. The van der Waals surface area contributed by atoms with Gasteiger partial charge in [0.15, 0.2) is 0 Å². The third-order valence-corrected chi connectivity index (χ3v) is 5.64. The van der Waals surface area contributed by atoms with Crippen LogP contribution in [0.3, 0.4) is 0 Å². The minimum atomic E-state index is 0.222. The van der Waals surface area contributed by atoms with Crippen LogP contribution in [0.25, 0.3) is 11.5 Å². The second-order valence-corrected chi connectivity index (χ2v) is 7.69. The molecule has 0 aliphatic carbocycles. The molecular formula is C24H28N4O3. The molecule has 0 saturated carbocycles. The molecule has 1 fully saturated rings. The normalized spacial score (nSPS) is 14.5. The molecule has 1 saturated heterocycles. The highest BCUT2D eigenvalue weighted by Gasteiger charge is 2.21. The lowest BCUT2D eigenvalue weighted by molar-refractivity contribution is -0.132. The van der Waals surface area contributed by atoms with E-state index in [1.165, 1.54) is 0 Å². The van der Waals surface area contributed by atoms with Crippen LogP contribution >= 0.6 is 0 Å². The number of carbonyl (C=O) groups excluding carboxylic acids is 1. The van der Waals surface area contributed by atoms with Gasteiger partial charge in [0.2, 0.25) is 17.7 Å². The highest BCUT2D eigenvalue weighted by Crippen LogP contribution is 2.17. The van der Waals surface area contributed by atoms with Crippen LogP contribution in [0.5, 0.6) is 5.75 Å². The first-order valence-corrected chi connectivity index (χ1v) is 10.7. The van der Waals surface area contributed by atoms with E-state index in [9.17, 15) is 4.79 Å². The van der Waals surface area contributed by atoms with Crippen molar-refractivity contribution in [2.75, 3.05) is 39.8 Å². The van der Waals surface area contributed by atoms with Gasteiger partial charge in [-0.05, 0) is 36.2 Å². The summed E-state index contributed by atoms with van der Waals surface area (Å²) in [5.41, 5.74) is 2.09. The van der Waals surface area contributed by atoms with Crippen molar-refractivity contribution in [3.63, 3.8) is 0 Å². The number of ether oxygens (including phenoxy) is 1. The zero-order chi connectivity index (χ0) is 21.5. The predicted octanol–water partition coefficient (Wildman–Crippen LogP) is 3.06. The van der Waals surface area contributed by atoms with Crippen molar-refractivity contribution in [2.45, 2.75) is 19.3 Å². The summed E-state index contributed by atoms with van der Waals surface area (Å²) in [5, 5.41) is 8.31. The van der Waals surface area contributed by atoms with Gasteiger partial charge in [0.1, 0.15) is 5.75 Å². The topological polar surface area (TPSA) is 71.7 Å². The summed E-state index contributed by atoms with van der Waals surface area (Å²) in [6, 6.07) is 17.7. The van der Waals surface area contributed by atoms with Gasteiger partial charge < -0.3 is 14.1 Å². The van der Waals surface area contributed by atoms with Crippen LogP contribution in [0.15, 0.2) is 59.0 Å². The number of carbonyl (C=O) groups is 1. The van der Waals surface area contributed by atoms with Gasteiger partial charge in [-0.25, -0.2) is 0 Å². The fourth-order valence-corrected chi connectivity index (χ4v) is 3.73. The van der Waals surface area contributed by atoms with E-state index in [1.54, 1.807) is 7.11 Å². The van der Waals surface area contributed by atoms with Gasteiger partial charge >= 0.3 is 0 Å². The average Bonchev–Trinajstić information content (AvgIpc) is 3.31. The molecule has 7 nitrogen and oxygen atoms in total. The monoisotopic (exact) mass is 420 g/mol. The number of methoxy groups -OCH3 is 1. The fraction of sp³-hybridized carbons (Fsp3) is 0.375. The van der Waals surface area contributed by atoms with Crippen molar-refractivity contribution in [2.24, 2.45) is 0 Å². The summed E-state index contributed by atoms with van der Waals surface area (Å²) >= 11 is 0. The molecule has 1 amide bonds. The number of nitrogens with zero attached hydrogens (tertiary/aromatic N) is 4. The first-order chi connectivity index (χ1) is 15.2. The van der Waals surface area contributed by atoms with Crippen molar-refractivity contribution in [3.05, 3.63) is 66.1 Å². The second-order valence-electron chi connectivity index (χ2n) is 7.69. The van der Waals surface area contributed by atoms with Gasteiger partial charge in [0, 0.05) is 51.1 Å². The van der Waals surface area contributed by atoms with E-state index < -0.39 is 0 Å². The maximum absolute atomic E-state index is 12.6. The Kier molecular flexibility index (Phi) is 6.94. The Labute approximate surface area is 182 Å². The van der Waals surface area contributed by atoms with E-state index in [-0.39, 0.29) is 5.91 Å². The highest BCUT2D eigenvalue weighted by atomic mass is 16.5. The Hall–Kier alpha value is -3.19. The second kappa shape index (κ2) is 10.2. The van der Waals surface area contributed by atoms with Crippen molar-refractivity contribution < 1.29 is 13.9 Å². The van der Waals surface area contributed by atoms with E-state index in [2.05, 4.69) is 15.1 Å². The van der Waals surface area contributed by atoms with Gasteiger partial charge in [0.25, 0.3) is 0 Å². The molecule has 0 spiro atoms. The van der Waals surface area contributed by atoms with Crippen LogP contribution in [0.2, 0.25) is 0 Å². The Morgan fingerprint density at radius 2 is 1.71 bits per heavy atom. The summed E-state index contributed by atoms with van der Waals surface area (Å²) in [6.45, 7) is 4.12. The molecule has 3 aromatic rings. The number of hydrogen-bond donors (Lipinski definition) is 0. The van der Waals surface area contributed by atoms with Gasteiger partial charge in [-0.2, -0.15) is 0 Å². The Bertz CT molecular complexity index is 964. The number of benzene rings is 2. The summed E-state index contributed by atoms with van der Waals surface area (Å²) in [7, 11) is 1.65. The van der Waals surface area contributed by atoms with Gasteiger partial charge in [-0.3, -0.25) is 9.69 Å². The predicted molar refractivity (Wildman–Crippen MR) is 118 cm³/mol. The Morgan fingerprint density at radius 3 is 2.42 bits per heavy atom. The van der Waals surface area contributed by atoms with E-state index in [4.69, 9.17) is 9.15 Å². The lowest BCUT2D eigenvalue weighted by Gasteiger charge is -2.34. The van der Waals surface area contributed by atoms with E-state index in [0.29, 0.717) is 24.6 Å². The largest absolute Gasteiger partial charge is 0.497 e. The van der Waals surface area contributed by atoms with E-state index in [0.717, 1.165) is 56.0 Å². The third kappa shape index (κ3) is 5.70. The molecular weight excluding hydrogens is 392 g/mol. The minimum absolute atomic E-state index is 0.222. The lowest BCUT2D eigenvalue weighted by Crippen LogP contribution is -2.49. The van der Waals surface area contributed by atoms with Crippen molar-refractivity contribution >= 4 is 5.91 Å². The minimum Gasteiger partial charge on any atom is -0.497 e. The molecule has 0 bridgehead atoms. The van der Waals surface area contributed by atoms with Gasteiger partial charge in [-0.1, -0.05) is 30.3 Å². The quantitative estimate of drug-likeness (QED) is 0.558. The van der Waals surface area contributed by atoms with Gasteiger partial charge in [0.05, 0.1) is 7.11 Å². The zero-order valence-electron chi connectivity index (χ0n) is 17.9. The number of piperazine rings is 1. The lowest BCUT2D eigenvalue weighted by atomic mass is 10.1. The van der Waals surface area contributed by atoms with Crippen LogP contribution < -0.4 is 4.74 Å². The van der Waals surface area contributed by atoms with E-state index in [1.807, 2.05) is 59.5 Å². The standard InChI is InChI=1S/C24H28N4O3/c1-30-21-10-7-19(8-11-21)9-12-23(29)28-17-15-27(16-18-28)14-13-22-25-26-24(31-22)20-5-3-2-4-6-20/h2-8,10-11H,9,12-18H2,1H3. The number of amides is 1. The number of aromatic nitrogens is 2. The molecule has 0 atom stereocenters. The average molecular weight is 421 g/mol. The summed E-state index contributed by atoms with van der Waals surface area (Å²) < 4.78 is 11.0. The molecule has 2 heterocycles. The van der Waals surface area contributed by atoms with Crippen molar-refractivity contribution in [1.29, 1.82) is 0 Å². The molecule has 31 heavy (non-hydrogen) atoms. The first kappa shape index (κ1) is 21.1. The Balaban J connectivity index is 1.18. The maximum atomic E-state index is 12.6. The molecule has 4 rings (SSSR count). The molecule has 0 radical (unpaired) electrons. The number of hydrogen-bond acceptors (Lipinski definition) is 6. The first-order valence-electron chi connectivity index (χ1n) is 10.7. The molecule has 7 heteroatoms. The van der Waals surface area contributed by atoms with Crippen molar-refractivity contribution in [3.8, 4) is 17.2 Å².